The molecular formula is C14H12NO. The molecule has 0 spiro atoms. The largest absolute Gasteiger partial charge is 0.326 e. The SMILES string of the molecule is [CH2]C(=O)Nc1cccc(-c2ccccc2)c1. The van der Waals surface area contributed by atoms with Crippen LogP contribution < -0.4 is 5.32 Å². The highest BCUT2D eigenvalue weighted by Crippen LogP contribution is 2.22. The summed E-state index contributed by atoms with van der Waals surface area (Å²) in [5.41, 5.74) is 2.97. The standard InChI is InChI=1S/C14H12NO/c1-11(16)15-14-9-5-8-13(10-14)12-6-3-2-4-7-12/h2-10H,1H2,(H,15,16). The summed E-state index contributed by atoms with van der Waals surface area (Å²) in [5.74, 6) is -0.301. The summed E-state index contributed by atoms with van der Waals surface area (Å²) in [4.78, 5) is 10.8. The minimum absolute atomic E-state index is 0.301. The molecule has 2 heteroatoms. The third kappa shape index (κ3) is 2.48. The number of anilines is 1. The van der Waals surface area contributed by atoms with Crippen molar-refractivity contribution in [1.82, 2.24) is 0 Å². The van der Waals surface area contributed by atoms with Gasteiger partial charge in [-0.05, 0) is 23.3 Å². The Labute approximate surface area is 94.9 Å². The highest BCUT2D eigenvalue weighted by atomic mass is 16.1. The van der Waals surface area contributed by atoms with Gasteiger partial charge in [0.15, 0.2) is 0 Å². The predicted molar refractivity (Wildman–Crippen MR) is 65.9 cm³/mol. The average molecular weight is 210 g/mol. The molecule has 2 aromatic carbocycles. The van der Waals surface area contributed by atoms with Gasteiger partial charge in [0.2, 0.25) is 5.91 Å². The third-order valence-corrected chi connectivity index (χ3v) is 2.25. The Balaban J connectivity index is 2.33. The number of rotatable bonds is 2. The van der Waals surface area contributed by atoms with Crippen molar-refractivity contribution in [1.29, 1.82) is 0 Å². The van der Waals surface area contributed by atoms with E-state index in [9.17, 15) is 4.79 Å². The first-order valence-corrected chi connectivity index (χ1v) is 5.04. The summed E-state index contributed by atoms with van der Waals surface area (Å²) in [5, 5.41) is 2.66. The van der Waals surface area contributed by atoms with Gasteiger partial charge in [-0.25, -0.2) is 0 Å². The maximum Gasteiger partial charge on any atom is 0.224 e. The molecule has 0 saturated carbocycles. The van der Waals surface area contributed by atoms with E-state index in [4.69, 9.17) is 0 Å². The normalized spacial score (nSPS) is 9.81. The molecule has 1 radical (unpaired) electrons. The molecule has 0 aromatic heterocycles. The van der Waals surface area contributed by atoms with Crippen molar-refractivity contribution in [2.24, 2.45) is 0 Å². The molecule has 16 heavy (non-hydrogen) atoms. The zero-order chi connectivity index (χ0) is 11.4. The van der Waals surface area contributed by atoms with Gasteiger partial charge in [-0.15, -0.1) is 0 Å². The molecule has 0 atom stereocenters. The molecule has 0 bridgehead atoms. The molecule has 1 amide bonds. The zero-order valence-electron chi connectivity index (χ0n) is 8.81. The van der Waals surface area contributed by atoms with Crippen molar-refractivity contribution in [3.05, 3.63) is 61.5 Å². The minimum atomic E-state index is -0.301. The van der Waals surface area contributed by atoms with E-state index in [0.29, 0.717) is 0 Å². The van der Waals surface area contributed by atoms with E-state index in [1.165, 1.54) is 0 Å². The molecule has 2 aromatic rings. The smallest absolute Gasteiger partial charge is 0.224 e. The molecule has 0 aliphatic heterocycles. The van der Waals surface area contributed by atoms with Gasteiger partial charge in [-0.2, -0.15) is 0 Å². The first-order chi connectivity index (χ1) is 7.75. The molecule has 0 unspecified atom stereocenters. The lowest BCUT2D eigenvalue weighted by molar-refractivity contribution is -0.112. The molecular weight excluding hydrogens is 198 g/mol. The first-order valence-electron chi connectivity index (χ1n) is 5.04. The fourth-order valence-electron chi connectivity index (χ4n) is 1.57. The molecule has 2 nitrogen and oxygen atoms in total. The van der Waals surface area contributed by atoms with Gasteiger partial charge in [0.05, 0.1) is 0 Å². The first kappa shape index (κ1) is 10.4. The van der Waals surface area contributed by atoms with Crippen LogP contribution in [0.3, 0.4) is 0 Å². The average Bonchev–Trinajstić information content (AvgIpc) is 2.30. The highest BCUT2D eigenvalue weighted by Gasteiger charge is 1.99. The molecule has 79 valence electrons. The fourth-order valence-corrected chi connectivity index (χ4v) is 1.57. The van der Waals surface area contributed by atoms with Crippen molar-refractivity contribution in [3.8, 4) is 11.1 Å². The van der Waals surface area contributed by atoms with Crippen molar-refractivity contribution < 1.29 is 4.79 Å². The van der Waals surface area contributed by atoms with Crippen LogP contribution in [0.4, 0.5) is 5.69 Å². The van der Waals surface area contributed by atoms with Crippen molar-refractivity contribution in [3.63, 3.8) is 0 Å². The highest BCUT2D eigenvalue weighted by molar-refractivity contribution is 5.94. The van der Waals surface area contributed by atoms with E-state index >= 15 is 0 Å². The van der Waals surface area contributed by atoms with Crippen LogP contribution in [0.25, 0.3) is 11.1 Å². The quantitative estimate of drug-likeness (QED) is 0.810. The summed E-state index contributed by atoms with van der Waals surface area (Å²) in [7, 11) is 0. The summed E-state index contributed by atoms with van der Waals surface area (Å²) in [6.45, 7) is 3.29. The molecule has 1 N–H and O–H groups in total. The topological polar surface area (TPSA) is 29.1 Å². The number of carbonyl (C=O) groups is 1. The van der Waals surface area contributed by atoms with E-state index in [-0.39, 0.29) is 5.91 Å². The van der Waals surface area contributed by atoms with Crippen LogP contribution in [0.2, 0.25) is 0 Å². The molecule has 2 rings (SSSR count). The third-order valence-electron chi connectivity index (χ3n) is 2.25. The number of carbonyl (C=O) groups excluding carboxylic acids is 1. The van der Waals surface area contributed by atoms with E-state index in [0.717, 1.165) is 16.8 Å². The van der Waals surface area contributed by atoms with Crippen LogP contribution in [0.1, 0.15) is 0 Å². The molecule has 0 aliphatic carbocycles. The minimum Gasteiger partial charge on any atom is -0.326 e. The second-order valence-electron chi connectivity index (χ2n) is 3.50. The van der Waals surface area contributed by atoms with Crippen LogP contribution >= 0.6 is 0 Å². The van der Waals surface area contributed by atoms with Gasteiger partial charge in [-0.3, -0.25) is 4.79 Å². The summed E-state index contributed by atoms with van der Waals surface area (Å²) in [6.07, 6.45) is 0. The summed E-state index contributed by atoms with van der Waals surface area (Å²) >= 11 is 0. The van der Waals surface area contributed by atoms with E-state index in [1.807, 2.05) is 54.6 Å². The number of nitrogens with one attached hydrogen (secondary N) is 1. The Morgan fingerprint density at radius 1 is 0.938 bits per heavy atom. The van der Waals surface area contributed by atoms with Gasteiger partial charge >= 0.3 is 0 Å². The Bertz CT molecular complexity index is 491. The molecule has 0 fully saturated rings. The van der Waals surface area contributed by atoms with E-state index in [1.54, 1.807) is 0 Å². The van der Waals surface area contributed by atoms with E-state index in [2.05, 4.69) is 12.2 Å². The van der Waals surface area contributed by atoms with Crippen LogP contribution in [0.5, 0.6) is 0 Å². The van der Waals surface area contributed by atoms with Crippen LogP contribution in [-0.2, 0) is 4.79 Å². The van der Waals surface area contributed by atoms with Gasteiger partial charge in [0.25, 0.3) is 0 Å². The summed E-state index contributed by atoms with van der Waals surface area (Å²) < 4.78 is 0. The van der Waals surface area contributed by atoms with Crippen LogP contribution in [0.15, 0.2) is 54.6 Å². The molecule has 0 saturated heterocycles. The second kappa shape index (κ2) is 4.62. The Morgan fingerprint density at radius 2 is 1.62 bits per heavy atom. The number of amides is 1. The number of benzene rings is 2. The maximum absolute atomic E-state index is 10.8. The number of hydrogen-bond donors (Lipinski definition) is 1. The fraction of sp³-hybridized carbons (Fsp3) is 0. The van der Waals surface area contributed by atoms with E-state index < -0.39 is 0 Å². The van der Waals surface area contributed by atoms with Crippen LogP contribution in [0, 0.1) is 6.92 Å². The lowest BCUT2D eigenvalue weighted by Crippen LogP contribution is -2.05. The van der Waals surface area contributed by atoms with Crippen molar-refractivity contribution >= 4 is 11.6 Å². The molecule has 0 aliphatic rings. The Kier molecular flexibility index (Phi) is 3.01. The summed E-state index contributed by atoms with van der Waals surface area (Å²) in [6, 6.07) is 17.7. The lowest BCUT2D eigenvalue weighted by Gasteiger charge is -2.05. The Morgan fingerprint density at radius 3 is 2.31 bits per heavy atom. The van der Waals surface area contributed by atoms with Gasteiger partial charge < -0.3 is 5.32 Å². The van der Waals surface area contributed by atoms with Gasteiger partial charge in [0, 0.05) is 12.6 Å². The lowest BCUT2D eigenvalue weighted by atomic mass is 10.1. The zero-order valence-corrected chi connectivity index (χ0v) is 8.81. The Hall–Kier alpha value is -2.09. The van der Waals surface area contributed by atoms with Crippen molar-refractivity contribution in [2.45, 2.75) is 0 Å². The predicted octanol–water partition coefficient (Wildman–Crippen LogP) is 3.13. The van der Waals surface area contributed by atoms with Crippen molar-refractivity contribution in [2.75, 3.05) is 5.32 Å². The van der Waals surface area contributed by atoms with Gasteiger partial charge in [0.1, 0.15) is 0 Å². The molecule has 0 heterocycles. The van der Waals surface area contributed by atoms with Gasteiger partial charge in [-0.1, -0.05) is 42.5 Å². The number of hydrogen-bond acceptors (Lipinski definition) is 1. The monoisotopic (exact) mass is 210 g/mol. The van der Waals surface area contributed by atoms with Crippen LogP contribution in [-0.4, -0.2) is 5.91 Å². The maximum atomic E-state index is 10.8. The second-order valence-corrected chi connectivity index (χ2v) is 3.50.